The van der Waals surface area contributed by atoms with Crippen LogP contribution in [0.2, 0.25) is 0 Å². The molecule has 2 aromatic rings. The first kappa shape index (κ1) is 14.3. The van der Waals surface area contributed by atoms with Crippen molar-refractivity contribution in [2.45, 2.75) is 32.3 Å². The van der Waals surface area contributed by atoms with Gasteiger partial charge in [0, 0.05) is 13.5 Å². The molecule has 0 bridgehead atoms. The molecule has 1 heterocycles. The minimum absolute atomic E-state index is 0.529. The van der Waals surface area contributed by atoms with E-state index in [4.69, 9.17) is 0 Å². The molecule has 0 aliphatic rings. The number of aliphatic hydroxyl groups is 1. The minimum atomic E-state index is -0.900. The van der Waals surface area contributed by atoms with E-state index in [1.807, 2.05) is 49.0 Å². The summed E-state index contributed by atoms with van der Waals surface area (Å²) in [5.41, 5.74) is 2.07. The molecule has 0 aliphatic carbocycles. The lowest BCUT2D eigenvalue weighted by Gasteiger charge is -2.24. The van der Waals surface area contributed by atoms with Gasteiger partial charge in [0.1, 0.15) is 0 Å². The van der Waals surface area contributed by atoms with Crippen molar-refractivity contribution in [3.05, 3.63) is 51.8 Å². The van der Waals surface area contributed by atoms with Crippen molar-refractivity contribution < 1.29 is 5.11 Å². The summed E-state index contributed by atoms with van der Waals surface area (Å²) in [7, 11) is 1.92. The number of hydrogen-bond donors (Lipinski definition) is 1. The number of rotatable bonds is 4. The van der Waals surface area contributed by atoms with Crippen molar-refractivity contribution in [3.63, 3.8) is 0 Å². The fourth-order valence-electron chi connectivity index (χ4n) is 2.24. The lowest BCUT2D eigenvalue weighted by molar-refractivity contribution is 0.0554. The molecule has 102 valence electrons. The highest BCUT2D eigenvalue weighted by atomic mass is 79.9. The molecule has 0 radical (unpaired) electrons. The molecule has 4 heteroatoms. The highest BCUT2D eigenvalue weighted by Gasteiger charge is 2.27. The number of nitrogens with zero attached hydrogens (tertiary/aromatic N) is 2. The molecule has 2 rings (SSSR count). The lowest BCUT2D eigenvalue weighted by atomic mass is 9.91. The lowest BCUT2D eigenvalue weighted by Crippen LogP contribution is -2.25. The highest BCUT2D eigenvalue weighted by molar-refractivity contribution is 9.10. The van der Waals surface area contributed by atoms with Crippen LogP contribution < -0.4 is 0 Å². The van der Waals surface area contributed by atoms with Crippen LogP contribution in [0.3, 0.4) is 0 Å². The van der Waals surface area contributed by atoms with Gasteiger partial charge in [0.05, 0.1) is 21.5 Å². The van der Waals surface area contributed by atoms with Crippen LogP contribution in [0.5, 0.6) is 0 Å². The van der Waals surface area contributed by atoms with E-state index >= 15 is 0 Å². The van der Waals surface area contributed by atoms with Crippen LogP contribution in [0.4, 0.5) is 0 Å². The molecule has 0 amide bonds. The quantitative estimate of drug-likeness (QED) is 0.938. The summed E-state index contributed by atoms with van der Waals surface area (Å²) in [4.78, 5) is 0. The Bertz CT molecular complexity index is 561. The first-order chi connectivity index (χ1) is 8.95. The van der Waals surface area contributed by atoms with Crippen LogP contribution in [0.15, 0.2) is 34.8 Å². The van der Waals surface area contributed by atoms with Gasteiger partial charge in [-0.05, 0) is 34.8 Å². The molecular weight excluding hydrogens is 304 g/mol. The zero-order valence-electron chi connectivity index (χ0n) is 11.5. The Kier molecular flexibility index (Phi) is 4.11. The zero-order chi connectivity index (χ0) is 14.0. The molecule has 0 fully saturated rings. The summed E-state index contributed by atoms with van der Waals surface area (Å²) in [6, 6.07) is 9.74. The molecule has 1 atom stereocenters. The Morgan fingerprint density at radius 1 is 1.32 bits per heavy atom. The average molecular weight is 323 g/mol. The predicted molar refractivity (Wildman–Crippen MR) is 80.0 cm³/mol. The van der Waals surface area contributed by atoms with E-state index in [2.05, 4.69) is 28.0 Å². The SMILES string of the molecule is CCc1nn(C)c(CC(C)(O)c2ccccc2)c1Br. The Morgan fingerprint density at radius 2 is 1.95 bits per heavy atom. The van der Waals surface area contributed by atoms with E-state index in [0.717, 1.165) is 27.8 Å². The fraction of sp³-hybridized carbons (Fsp3) is 0.400. The summed E-state index contributed by atoms with van der Waals surface area (Å²) in [6.45, 7) is 3.92. The van der Waals surface area contributed by atoms with Crippen molar-refractivity contribution in [3.8, 4) is 0 Å². The Hall–Kier alpha value is -1.13. The second-order valence-corrected chi connectivity index (χ2v) is 5.79. The van der Waals surface area contributed by atoms with E-state index in [-0.39, 0.29) is 0 Å². The molecule has 0 saturated heterocycles. The van der Waals surface area contributed by atoms with Gasteiger partial charge in [0.2, 0.25) is 0 Å². The van der Waals surface area contributed by atoms with Gasteiger partial charge in [-0.1, -0.05) is 37.3 Å². The van der Waals surface area contributed by atoms with Gasteiger partial charge < -0.3 is 5.11 Å². The van der Waals surface area contributed by atoms with E-state index in [0.29, 0.717) is 6.42 Å². The number of hydrogen-bond acceptors (Lipinski definition) is 2. The molecule has 0 aliphatic heterocycles. The summed E-state index contributed by atoms with van der Waals surface area (Å²) in [6.07, 6.45) is 1.41. The average Bonchev–Trinajstić information content (AvgIpc) is 2.67. The molecular formula is C15H19BrN2O. The molecule has 19 heavy (non-hydrogen) atoms. The van der Waals surface area contributed by atoms with Crippen LogP contribution in [-0.2, 0) is 25.5 Å². The summed E-state index contributed by atoms with van der Waals surface area (Å²) < 4.78 is 2.86. The van der Waals surface area contributed by atoms with Gasteiger partial charge >= 0.3 is 0 Å². The number of halogens is 1. The van der Waals surface area contributed by atoms with Gasteiger partial charge in [-0.3, -0.25) is 4.68 Å². The largest absolute Gasteiger partial charge is 0.385 e. The number of aryl methyl sites for hydroxylation is 2. The Labute approximate surface area is 122 Å². The first-order valence-electron chi connectivity index (χ1n) is 6.44. The Morgan fingerprint density at radius 3 is 2.47 bits per heavy atom. The maximum absolute atomic E-state index is 10.7. The van der Waals surface area contributed by atoms with Gasteiger partial charge in [-0.25, -0.2) is 0 Å². The van der Waals surface area contributed by atoms with E-state index in [1.54, 1.807) is 0 Å². The number of benzene rings is 1. The third-order valence-electron chi connectivity index (χ3n) is 3.41. The predicted octanol–water partition coefficient (Wildman–Crippen LogP) is 3.20. The second kappa shape index (κ2) is 5.47. The highest BCUT2D eigenvalue weighted by Crippen LogP contribution is 2.30. The van der Waals surface area contributed by atoms with Crippen molar-refractivity contribution >= 4 is 15.9 Å². The molecule has 1 aromatic heterocycles. The van der Waals surface area contributed by atoms with E-state index in [9.17, 15) is 5.11 Å². The van der Waals surface area contributed by atoms with Gasteiger partial charge in [0.25, 0.3) is 0 Å². The van der Waals surface area contributed by atoms with Crippen molar-refractivity contribution in [1.82, 2.24) is 9.78 Å². The topological polar surface area (TPSA) is 38.0 Å². The first-order valence-corrected chi connectivity index (χ1v) is 7.23. The minimum Gasteiger partial charge on any atom is -0.385 e. The zero-order valence-corrected chi connectivity index (χ0v) is 13.1. The van der Waals surface area contributed by atoms with E-state index in [1.165, 1.54) is 0 Å². The molecule has 3 nitrogen and oxygen atoms in total. The third kappa shape index (κ3) is 2.90. The smallest absolute Gasteiger partial charge is 0.0924 e. The van der Waals surface area contributed by atoms with E-state index < -0.39 is 5.60 Å². The molecule has 1 N–H and O–H groups in total. The van der Waals surface area contributed by atoms with Crippen LogP contribution in [-0.4, -0.2) is 14.9 Å². The van der Waals surface area contributed by atoms with Crippen molar-refractivity contribution in [1.29, 1.82) is 0 Å². The van der Waals surface area contributed by atoms with Gasteiger partial charge in [-0.2, -0.15) is 5.10 Å². The molecule has 1 aromatic carbocycles. The van der Waals surface area contributed by atoms with Crippen LogP contribution in [0.25, 0.3) is 0 Å². The Balaban J connectivity index is 2.33. The van der Waals surface area contributed by atoms with Gasteiger partial charge in [0.15, 0.2) is 0 Å². The monoisotopic (exact) mass is 322 g/mol. The van der Waals surface area contributed by atoms with Crippen LogP contribution in [0, 0.1) is 0 Å². The van der Waals surface area contributed by atoms with Crippen molar-refractivity contribution in [2.24, 2.45) is 7.05 Å². The van der Waals surface area contributed by atoms with Crippen LogP contribution >= 0.6 is 15.9 Å². The fourth-order valence-corrected chi connectivity index (χ4v) is 2.99. The second-order valence-electron chi connectivity index (χ2n) is 5.00. The maximum atomic E-state index is 10.7. The molecule has 0 spiro atoms. The standard InChI is InChI=1S/C15H19BrN2O/c1-4-12-14(16)13(18(3)17-12)10-15(2,19)11-8-6-5-7-9-11/h5-9,19H,4,10H2,1-3H3. The normalized spacial score (nSPS) is 14.4. The molecule has 1 unspecified atom stereocenters. The third-order valence-corrected chi connectivity index (χ3v) is 4.33. The summed E-state index contributed by atoms with van der Waals surface area (Å²) in [5.74, 6) is 0. The molecule has 0 saturated carbocycles. The summed E-state index contributed by atoms with van der Waals surface area (Å²) >= 11 is 3.59. The van der Waals surface area contributed by atoms with Crippen molar-refractivity contribution in [2.75, 3.05) is 0 Å². The van der Waals surface area contributed by atoms with Gasteiger partial charge in [-0.15, -0.1) is 0 Å². The maximum Gasteiger partial charge on any atom is 0.0924 e. The number of aromatic nitrogens is 2. The van der Waals surface area contributed by atoms with Crippen LogP contribution in [0.1, 0.15) is 30.8 Å². The summed E-state index contributed by atoms with van der Waals surface area (Å²) in [5, 5.41) is 15.2.